The summed E-state index contributed by atoms with van der Waals surface area (Å²) in [6.07, 6.45) is 2.06. The Morgan fingerprint density at radius 2 is 1.69 bits per heavy atom. The van der Waals surface area contributed by atoms with E-state index in [1.165, 1.54) is 0 Å². The molecule has 152 valence electrons. The van der Waals surface area contributed by atoms with Gasteiger partial charge in [-0.3, -0.25) is 9.59 Å². The van der Waals surface area contributed by atoms with E-state index in [2.05, 4.69) is 6.92 Å². The summed E-state index contributed by atoms with van der Waals surface area (Å²) in [6.45, 7) is 3.81. The van der Waals surface area contributed by atoms with Crippen molar-refractivity contribution < 1.29 is 14.3 Å². The zero-order valence-corrected chi connectivity index (χ0v) is 17.3. The lowest BCUT2D eigenvalue weighted by molar-refractivity contribution is -0.135. The fourth-order valence-corrected chi connectivity index (χ4v) is 4.58. The molecule has 0 N–H and O–H groups in total. The molecule has 2 aliphatic heterocycles. The van der Waals surface area contributed by atoms with Gasteiger partial charge < -0.3 is 14.5 Å². The van der Waals surface area contributed by atoms with Gasteiger partial charge in [-0.1, -0.05) is 37.3 Å². The molecule has 2 atom stereocenters. The van der Waals surface area contributed by atoms with Crippen molar-refractivity contribution in [3.8, 4) is 5.75 Å². The average Bonchev–Trinajstić information content (AvgIpc) is 2.76. The van der Waals surface area contributed by atoms with Gasteiger partial charge >= 0.3 is 0 Å². The van der Waals surface area contributed by atoms with Crippen molar-refractivity contribution in [3.63, 3.8) is 0 Å². The van der Waals surface area contributed by atoms with E-state index in [9.17, 15) is 9.59 Å². The van der Waals surface area contributed by atoms with E-state index in [1.54, 1.807) is 19.1 Å². The Balaban J connectivity index is 1.78. The Labute approximate surface area is 172 Å². The molecule has 1 saturated heterocycles. The maximum absolute atomic E-state index is 13.7. The highest BCUT2D eigenvalue weighted by Crippen LogP contribution is 2.43. The lowest BCUT2D eigenvalue weighted by atomic mass is 9.79. The largest absolute Gasteiger partial charge is 0.497 e. The summed E-state index contributed by atoms with van der Waals surface area (Å²) < 4.78 is 5.28. The van der Waals surface area contributed by atoms with Crippen LogP contribution in [-0.4, -0.2) is 48.9 Å². The molecule has 2 amide bonds. The third kappa shape index (κ3) is 3.50. The normalized spacial score (nSPS) is 22.4. The second kappa shape index (κ2) is 7.90. The number of likely N-dealkylation sites (N-methyl/N-ethyl adjacent to an activating group) is 1. The van der Waals surface area contributed by atoms with E-state index in [-0.39, 0.29) is 17.9 Å². The fourth-order valence-electron chi connectivity index (χ4n) is 4.58. The van der Waals surface area contributed by atoms with Gasteiger partial charge in [0.2, 0.25) is 5.91 Å². The number of carbonyl (C=O) groups is 2. The van der Waals surface area contributed by atoms with Gasteiger partial charge in [-0.2, -0.15) is 0 Å². The SMILES string of the molecule is COc1ccc([C@H]2[C@@H](C(=O)N3CCC(C)CC3)c3ccccc3C(=O)N2C)cc1. The standard InChI is InChI=1S/C24H28N2O3/c1-16-12-14-26(15-13-16)24(28)21-19-6-4-5-7-20(19)23(27)25(2)22(21)17-8-10-18(29-3)11-9-17/h4-11,16,21-22H,12-15H2,1-3H3/t21-,22-/m0/s1. The van der Waals surface area contributed by atoms with Crippen LogP contribution in [0.5, 0.6) is 5.75 Å². The van der Waals surface area contributed by atoms with Gasteiger partial charge in [0.05, 0.1) is 19.1 Å². The number of piperidine rings is 1. The summed E-state index contributed by atoms with van der Waals surface area (Å²) >= 11 is 0. The van der Waals surface area contributed by atoms with Gasteiger partial charge in [-0.05, 0) is 48.1 Å². The topological polar surface area (TPSA) is 49.9 Å². The molecule has 4 rings (SSSR count). The van der Waals surface area contributed by atoms with Crippen LogP contribution in [0.25, 0.3) is 0 Å². The minimum Gasteiger partial charge on any atom is -0.497 e. The molecular weight excluding hydrogens is 364 g/mol. The Hall–Kier alpha value is -2.82. The molecule has 0 bridgehead atoms. The molecule has 2 aromatic carbocycles. The molecule has 0 radical (unpaired) electrons. The second-order valence-electron chi connectivity index (χ2n) is 8.21. The van der Waals surface area contributed by atoms with Crippen molar-refractivity contribution in [2.24, 2.45) is 5.92 Å². The minimum absolute atomic E-state index is 0.0438. The Kier molecular flexibility index (Phi) is 5.31. The van der Waals surface area contributed by atoms with Gasteiger partial charge in [0.25, 0.3) is 5.91 Å². The van der Waals surface area contributed by atoms with Crippen LogP contribution in [0.4, 0.5) is 0 Å². The third-order valence-corrected chi connectivity index (χ3v) is 6.40. The Morgan fingerprint density at radius 1 is 1.03 bits per heavy atom. The summed E-state index contributed by atoms with van der Waals surface area (Å²) in [5.74, 6) is 1.07. The molecule has 5 heteroatoms. The molecule has 29 heavy (non-hydrogen) atoms. The van der Waals surface area contributed by atoms with Gasteiger partial charge in [-0.25, -0.2) is 0 Å². The lowest BCUT2D eigenvalue weighted by Crippen LogP contribution is -2.48. The average molecular weight is 392 g/mol. The number of nitrogens with zero attached hydrogens (tertiary/aromatic N) is 2. The number of methoxy groups -OCH3 is 1. The number of likely N-dealkylation sites (tertiary alicyclic amines) is 1. The first-order chi connectivity index (χ1) is 14.0. The van der Waals surface area contributed by atoms with Gasteiger partial charge in [0.15, 0.2) is 0 Å². The third-order valence-electron chi connectivity index (χ3n) is 6.40. The van der Waals surface area contributed by atoms with Gasteiger partial charge in [0.1, 0.15) is 5.75 Å². The monoisotopic (exact) mass is 392 g/mol. The van der Waals surface area contributed by atoms with E-state index in [1.807, 2.05) is 53.4 Å². The fraction of sp³-hybridized carbons (Fsp3) is 0.417. The highest BCUT2D eigenvalue weighted by atomic mass is 16.5. The van der Waals surface area contributed by atoms with Crippen LogP contribution in [0.15, 0.2) is 48.5 Å². The highest BCUT2D eigenvalue weighted by Gasteiger charge is 2.44. The maximum atomic E-state index is 13.7. The van der Waals surface area contributed by atoms with E-state index in [4.69, 9.17) is 4.74 Å². The molecule has 0 spiro atoms. The first-order valence-corrected chi connectivity index (χ1v) is 10.3. The van der Waals surface area contributed by atoms with E-state index < -0.39 is 5.92 Å². The van der Waals surface area contributed by atoms with Gasteiger partial charge in [-0.15, -0.1) is 0 Å². The molecule has 0 unspecified atom stereocenters. The molecule has 2 heterocycles. The molecular formula is C24H28N2O3. The van der Waals surface area contributed by atoms with Crippen LogP contribution >= 0.6 is 0 Å². The first-order valence-electron chi connectivity index (χ1n) is 10.3. The first kappa shape index (κ1) is 19.5. The van der Waals surface area contributed by atoms with Crippen molar-refractivity contribution >= 4 is 11.8 Å². The predicted molar refractivity (Wildman–Crippen MR) is 112 cm³/mol. The number of rotatable bonds is 3. The molecule has 0 aromatic heterocycles. The number of carbonyl (C=O) groups excluding carboxylic acids is 2. The minimum atomic E-state index is -0.407. The zero-order chi connectivity index (χ0) is 20.5. The van der Waals surface area contributed by atoms with Crippen molar-refractivity contribution in [1.82, 2.24) is 9.80 Å². The summed E-state index contributed by atoms with van der Waals surface area (Å²) in [4.78, 5) is 30.5. The number of ether oxygens (including phenoxy) is 1. The smallest absolute Gasteiger partial charge is 0.254 e. The maximum Gasteiger partial charge on any atom is 0.254 e. The number of amides is 2. The van der Waals surface area contributed by atoms with E-state index in [0.717, 1.165) is 42.8 Å². The van der Waals surface area contributed by atoms with Crippen molar-refractivity contribution in [3.05, 3.63) is 65.2 Å². The van der Waals surface area contributed by atoms with Crippen LogP contribution < -0.4 is 4.74 Å². The molecule has 2 aliphatic rings. The van der Waals surface area contributed by atoms with Crippen molar-refractivity contribution in [2.45, 2.75) is 31.7 Å². The molecule has 0 saturated carbocycles. The molecule has 1 fully saturated rings. The van der Waals surface area contributed by atoms with Crippen molar-refractivity contribution in [1.29, 1.82) is 0 Å². The summed E-state index contributed by atoms with van der Waals surface area (Å²) in [5.41, 5.74) is 2.41. The Morgan fingerprint density at radius 3 is 2.34 bits per heavy atom. The quantitative estimate of drug-likeness (QED) is 0.797. The lowest BCUT2D eigenvalue weighted by Gasteiger charge is -2.42. The number of benzene rings is 2. The number of hydrogen-bond acceptors (Lipinski definition) is 3. The second-order valence-corrected chi connectivity index (χ2v) is 8.21. The van der Waals surface area contributed by atoms with Crippen molar-refractivity contribution in [2.75, 3.05) is 27.2 Å². The molecule has 2 aromatic rings. The van der Waals surface area contributed by atoms with E-state index in [0.29, 0.717) is 11.5 Å². The molecule has 5 nitrogen and oxygen atoms in total. The summed E-state index contributed by atoms with van der Waals surface area (Å²) in [7, 11) is 3.43. The highest BCUT2D eigenvalue weighted by molar-refractivity contribution is 6.01. The predicted octanol–water partition coefficient (Wildman–Crippen LogP) is 3.86. The number of hydrogen-bond donors (Lipinski definition) is 0. The molecule has 0 aliphatic carbocycles. The van der Waals surface area contributed by atoms with Crippen LogP contribution in [-0.2, 0) is 4.79 Å². The van der Waals surface area contributed by atoms with Crippen LogP contribution in [0.3, 0.4) is 0 Å². The van der Waals surface area contributed by atoms with Gasteiger partial charge in [0, 0.05) is 25.7 Å². The Bertz CT molecular complexity index is 901. The van der Waals surface area contributed by atoms with E-state index >= 15 is 0 Å². The van der Waals surface area contributed by atoms with Crippen LogP contribution in [0.2, 0.25) is 0 Å². The van der Waals surface area contributed by atoms with Crippen LogP contribution in [0.1, 0.15) is 53.2 Å². The number of fused-ring (bicyclic) bond motifs is 1. The van der Waals surface area contributed by atoms with Crippen LogP contribution in [0, 0.1) is 5.92 Å². The summed E-state index contributed by atoms with van der Waals surface area (Å²) in [5, 5.41) is 0. The summed E-state index contributed by atoms with van der Waals surface area (Å²) in [6, 6.07) is 14.9. The zero-order valence-electron chi connectivity index (χ0n) is 17.3.